The molecule has 30 heavy (non-hydrogen) atoms. The number of imide groups is 1. The Bertz CT molecular complexity index is 962. The third kappa shape index (κ3) is 3.28. The van der Waals surface area contributed by atoms with Crippen molar-refractivity contribution >= 4 is 23.4 Å². The summed E-state index contributed by atoms with van der Waals surface area (Å²) in [5, 5.41) is 8.59. The van der Waals surface area contributed by atoms with Crippen LogP contribution in [0.1, 0.15) is 56.7 Å². The number of nitrogens with zero attached hydrogens (tertiary/aromatic N) is 5. The quantitative estimate of drug-likeness (QED) is 0.721. The molecular formula is C22H27N5O3. The first-order valence-electron chi connectivity index (χ1n) is 11.1. The van der Waals surface area contributed by atoms with Crippen molar-refractivity contribution in [2.75, 3.05) is 19.6 Å². The van der Waals surface area contributed by atoms with Crippen molar-refractivity contribution < 1.29 is 14.4 Å². The molecule has 0 bridgehead atoms. The molecular weight excluding hydrogens is 382 g/mol. The maximum Gasteiger partial charge on any atom is 0.233 e. The lowest BCUT2D eigenvalue weighted by molar-refractivity contribution is -0.141. The summed E-state index contributed by atoms with van der Waals surface area (Å²) < 4.78 is 1.99. The normalized spacial score (nSPS) is 27.0. The fraction of sp³-hybridized carbons (Fsp3) is 0.591. The molecule has 5 rings (SSSR count). The molecule has 2 saturated heterocycles. The molecule has 2 aliphatic heterocycles. The number of fused-ring (bicyclic) bond motifs is 2. The highest BCUT2D eigenvalue weighted by molar-refractivity contribution is 6.05. The van der Waals surface area contributed by atoms with Crippen LogP contribution in [0.4, 0.5) is 0 Å². The zero-order valence-corrected chi connectivity index (χ0v) is 17.1. The van der Waals surface area contributed by atoms with Gasteiger partial charge in [-0.3, -0.25) is 23.7 Å². The summed E-state index contributed by atoms with van der Waals surface area (Å²) in [5.74, 6) is 0.593. The average molecular weight is 409 g/mol. The molecule has 0 spiro atoms. The molecule has 3 aliphatic rings. The second-order valence-electron chi connectivity index (χ2n) is 8.74. The van der Waals surface area contributed by atoms with Crippen LogP contribution in [0, 0.1) is 11.8 Å². The van der Waals surface area contributed by atoms with Gasteiger partial charge in [0.05, 0.1) is 11.8 Å². The maximum absolute atomic E-state index is 12.9. The minimum absolute atomic E-state index is 0.00370. The van der Waals surface area contributed by atoms with E-state index in [-0.39, 0.29) is 48.4 Å². The Kier molecular flexibility index (Phi) is 5.00. The number of carbonyl (C=O) groups excluding carboxylic acids is 3. The van der Waals surface area contributed by atoms with Crippen molar-refractivity contribution in [3.05, 3.63) is 30.2 Å². The Hall–Kier alpha value is -2.77. The summed E-state index contributed by atoms with van der Waals surface area (Å²) in [7, 11) is 0. The summed E-state index contributed by atoms with van der Waals surface area (Å²) in [6, 6.07) is 5.80. The number of piperidine rings is 1. The van der Waals surface area contributed by atoms with Crippen LogP contribution < -0.4 is 0 Å². The molecule has 2 aromatic heterocycles. The molecule has 158 valence electrons. The van der Waals surface area contributed by atoms with E-state index in [1.807, 2.05) is 33.7 Å². The lowest BCUT2D eigenvalue weighted by Crippen LogP contribution is -2.42. The second-order valence-corrected chi connectivity index (χ2v) is 8.74. The summed E-state index contributed by atoms with van der Waals surface area (Å²) in [5.41, 5.74) is 0.809. The predicted molar refractivity (Wildman–Crippen MR) is 108 cm³/mol. The smallest absolute Gasteiger partial charge is 0.233 e. The summed E-state index contributed by atoms with van der Waals surface area (Å²) in [4.78, 5) is 41.4. The van der Waals surface area contributed by atoms with Gasteiger partial charge in [0.15, 0.2) is 5.65 Å². The van der Waals surface area contributed by atoms with Crippen molar-refractivity contribution in [2.24, 2.45) is 11.8 Å². The molecule has 1 aliphatic carbocycles. The highest BCUT2D eigenvalue weighted by atomic mass is 16.2. The Morgan fingerprint density at radius 2 is 1.77 bits per heavy atom. The van der Waals surface area contributed by atoms with Crippen molar-refractivity contribution in [3.8, 4) is 0 Å². The molecule has 0 radical (unpaired) electrons. The number of aromatic nitrogens is 3. The molecule has 8 heteroatoms. The highest BCUT2D eigenvalue weighted by Gasteiger charge is 2.48. The number of hydrogen-bond acceptors (Lipinski definition) is 5. The van der Waals surface area contributed by atoms with E-state index in [9.17, 15) is 14.4 Å². The number of likely N-dealkylation sites (tertiary alicyclic amines) is 2. The van der Waals surface area contributed by atoms with E-state index >= 15 is 0 Å². The molecule has 1 saturated carbocycles. The Morgan fingerprint density at radius 3 is 2.53 bits per heavy atom. The summed E-state index contributed by atoms with van der Waals surface area (Å²) in [6.45, 7) is 1.51. The van der Waals surface area contributed by atoms with Gasteiger partial charge in [0, 0.05) is 38.2 Å². The van der Waals surface area contributed by atoms with Gasteiger partial charge in [-0.15, -0.1) is 10.2 Å². The average Bonchev–Trinajstić information content (AvgIpc) is 3.32. The zero-order valence-electron chi connectivity index (χ0n) is 17.1. The van der Waals surface area contributed by atoms with E-state index in [1.54, 1.807) is 0 Å². The highest BCUT2D eigenvalue weighted by Crippen LogP contribution is 2.38. The van der Waals surface area contributed by atoms with Gasteiger partial charge in [-0.2, -0.15) is 0 Å². The standard InChI is InChI=1S/C22H27N5O3/c28-19(10-13-27-21(29)16-7-1-2-8-17(16)22(27)30)25-11-5-6-15(14-25)20-24-23-18-9-3-4-12-26(18)20/h3-4,9,12,15-17H,1-2,5-8,10-11,13-14H2/t15-,16-,17+/m0/s1. The van der Waals surface area contributed by atoms with E-state index in [0.29, 0.717) is 13.1 Å². The van der Waals surface area contributed by atoms with Crippen LogP contribution in [0.2, 0.25) is 0 Å². The summed E-state index contributed by atoms with van der Waals surface area (Å²) in [6.07, 6.45) is 7.66. The van der Waals surface area contributed by atoms with Gasteiger partial charge in [0.25, 0.3) is 0 Å². The lowest BCUT2D eigenvalue weighted by atomic mass is 9.81. The van der Waals surface area contributed by atoms with E-state index in [1.165, 1.54) is 4.90 Å². The topological polar surface area (TPSA) is 87.9 Å². The second kappa shape index (κ2) is 7.81. The third-order valence-electron chi connectivity index (χ3n) is 6.96. The fourth-order valence-electron chi connectivity index (χ4n) is 5.37. The first-order chi connectivity index (χ1) is 14.6. The van der Waals surface area contributed by atoms with Gasteiger partial charge in [0.2, 0.25) is 17.7 Å². The SMILES string of the molecule is O=C(CCN1C(=O)[C@H]2CCCC[C@H]2C1=O)N1CCC[C@H](c2nnc3ccccn23)C1. The van der Waals surface area contributed by atoms with Crippen molar-refractivity contribution in [1.29, 1.82) is 0 Å². The Balaban J connectivity index is 1.22. The molecule has 3 atom stereocenters. The van der Waals surface area contributed by atoms with Crippen LogP contribution in [0.25, 0.3) is 5.65 Å². The molecule has 0 N–H and O–H groups in total. The van der Waals surface area contributed by atoms with E-state index < -0.39 is 0 Å². The van der Waals surface area contributed by atoms with Gasteiger partial charge < -0.3 is 4.90 Å². The largest absolute Gasteiger partial charge is 0.342 e. The monoisotopic (exact) mass is 409 g/mol. The van der Waals surface area contributed by atoms with Crippen molar-refractivity contribution in [1.82, 2.24) is 24.4 Å². The number of hydrogen-bond donors (Lipinski definition) is 0. The molecule has 2 aromatic rings. The molecule has 0 unspecified atom stereocenters. The van der Waals surface area contributed by atoms with Crippen LogP contribution in [0.3, 0.4) is 0 Å². The number of carbonyl (C=O) groups is 3. The van der Waals surface area contributed by atoms with Crippen LogP contribution in [0.5, 0.6) is 0 Å². The third-order valence-corrected chi connectivity index (χ3v) is 6.96. The van der Waals surface area contributed by atoms with Gasteiger partial charge in [-0.1, -0.05) is 18.9 Å². The Morgan fingerprint density at radius 1 is 1.00 bits per heavy atom. The van der Waals surface area contributed by atoms with Crippen molar-refractivity contribution in [3.63, 3.8) is 0 Å². The maximum atomic E-state index is 12.9. The van der Waals surface area contributed by atoms with Crippen LogP contribution >= 0.6 is 0 Å². The molecule has 0 aromatic carbocycles. The lowest BCUT2D eigenvalue weighted by Gasteiger charge is -2.32. The number of amides is 3. The fourth-order valence-corrected chi connectivity index (χ4v) is 5.37. The first kappa shape index (κ1) is 19.2. The van der Waals surface area contributed by atoms with Crippen molar-refractivity contribution in [2.45, 2.75) is 50.9 Å². The molecule has 3 amide bonds. The van der Waals surface area contributed by atoms with Gasteiger partial charge >= 0.3 is 0 Å². The molecule has 4 heterocycles. The van der Waals surface area contributed by atoms with Crippen LogP contribution in [-0.2, 0) is 14.4 Å². The van der Waals surface area contributed by atoms with Gasteiger partial charge in [-0.05, 0) is 37.8 Å². The minimum Gasteiger partial charge on any atom is -0.342 e. The van der Waals surface area contributed by atoms with Crippen LogP contribution in [0.15, 0.2) is 24.4 Å². The van der Waals surface area contributed by atoms with Gasteiger partial charge in [-0.25, -0.2) is 0 Å². The molecule has 3 fully saturated rings. The number of pyridine rings is 1. The zero-order chi connectivity index (χ0) is 20.7. The summed E-state index contributed by atoms with van der Waals surface area (Å²) >= 11 is 0. The van der Waals surface area contributed by atoms with Gasteiger partial charge in [0.1, 0.15) is 5.82 Å². The first-order valence-corrected chi connectivity index (χ1v) is 11.1. The van der Waals surface area contributed by atoms with Crippen LogP contribution in [-0.4, -0.2) is 61.8 Å². The van der Waals surface area contributed by atoms with E-state index in [0.717, 1.165) is 50.0 Å². The molecule has 8 nitrogen and oxygen atoms in total. The Labute approximate surface area is 175 Å². The van der Waals surface area contributed by atoms with E-state index in [4.69, 9.17) is 0 Å². The minimum atomic E-state index is -0.151. The van der Waals surface area contributed by atoms with E-state index in [2.05, 4.69) is 10.2 Å². The number of rotatable bonds is 4. The predicted octanol–water partition coefficient (Wildman–Crippen LogP) is 2.00.